The molecule has 5 heteroatoms. The number of benzene rings is 1. The molecule has 1 atom stereocenters. The minimum absolute atomic E-state index is 0.145. The number of hydrogen-bond acceptors (Lipinski definition) is 5. The van der Waals surface area contributed by atoms with E-state index in [4.69, 9.17) is 9.47 Å². The largest absolute Gasteiger partial charge is 0.465 e. The lowest BCUT2D eigenvalue weighted by atomic mass is 10.1. The van der Waals surface area contributed by atoms with Gasteiger partial charge < -0.3 is 14.8 Å². The van der Waals surface area contributed by atoms with E-state index in [0.29, 0.717) is 19.8 Å². The molecule has 5 nitrogen and oxygen atoms in total. The number of piperazine rings is 1. The number of esters is 1. The highest BCUT2D eigenvalue weighted by Crippen LogP contribution is 2.16. The molecule has 0 spiro atoms. The molecule has 1 aliphatic rings. The number of nitrogens with one attached hydrogen (secondary N) is 1. The average Bonchev–Trinajstić information content (AvgIpc) is 2.50. The highest BCUT2D eigenvalue weighted by Gasteiger charge is 2.29. The second-order valence-electron chi connectivity index (χ2n) is 5.14. The van der Waals surface area contributed by atoms with Gasteiger partial charge in [0.1, 0.15) is 6.04 Å². The minimum atomic E-state index is -0.214. The summed E-state index contributed by atoms with van der Waals surface area (Å²) in [5.41, 5.74) is 2.37. The third-order valence-corrected chi connectivity index (χ3v) is 3.70. The van der Waals surface area contributed by atoms with Crippen LogP contribution >= 0.6 is 0 Å². The molecule has 1 fully saturated rings. The van der Waals surface area contributed by atoms with Crippen molar-refractivity contribution in [3.8, 4) is 0 Å². The number of nitrogens with zero attached hydrogens (tertiary/aromatic N) is 1. The zero-order valence-electron chi connectivity index (χ0n) is 12.8. The Balaban J connectivity index is 2.10. The molecule has 1 saturated heterocycles. The molecule has 21 heavy (non-hydrogen) atoms. The summed E-state index contributed by atoms with van der Waals surface area (Å²) < 4.78 is 10.4. The van der Waals surface area contributed by atoms with E-state index in [0.717, 1.165) is 19.6 Å². The molecule has 1 aliphatic heterocycles. The third-order valence-electron chi connectivity index (χ3n) is 3.70. The van der Waals surface area contributed by atoms with Gasteiger partial charge in [0.25, 0.3) is 0 Å². The van der Waals surface area contributed by atoms with E-state index in [1.807, 2.05) is 19.1 Å². The van der Waals surface area contributed by atoms with Crippen LogP contribution in [-0.2, 0) is 27.4 Å². The van der Waals surface area contributed by atoms with Gasteiger partial charge in [0.2, 0.25) is 0 Å². The quantitative estimate of drug-likeness (QED) is 0.798. The summed E-state index contributed by atoms with van der Waals surface area (Å²) in [6.45, 7) is 5.96. The van der Waals surface area contributed by atoms with Gasteiger partial charge in [-0.15, -0.1) is 0 Å². The Labute approximate surface area is 126 Å². The zero-order chi connectivity index (χ0) is 15.1. The van der Waals surface area contributed by atoms with E-state index in [1.165, 1.54) is 11.1 Å². The molecule has 0 aromatic heterocycles. The first-order chi connectivity index (χ1) is 10.3. The molecule has 1 aromatic rings. The molecule has 2 rings (SSSR count). The summed E-state index contributed by atoms with van der Waals surface area (Å²) in [5.74, 6) is -0.145. The van der Waals surface area contributed by atoms with Crippen LogP contribution in [0, 0.1) is 0 Å². The zero-order valence-corrected chi connectivity index (χ0v) is 12.8. The summed E-state index contributed by atoms with van der Waals surface area (Å²) >= 11 is 0. The van der Waals surface area contributed by atoms with E-state index in [2.05, 4.69) is 22.3 Å². The summed E-state index contributed by atoms with van der Waals surface area (Å²) in [7, 11) is 1.70. The van der Waals surface area contributed by atoms with Crippen LogP contribution in [0.2, 0.25) is 0 Å². The predicted molar refractivity (Wildman–Crippen MR) is 80.9 cm³/mol. The number of carbonyl (C=O) groups excluding carboxylic acids is 1. The van der Waals surface area contributed by atoms with Crippen molar-refractivity contribution in [2.45, 2.75) is 26.1 Å². The molecule has 116 valence electrons. The summed E-state index contributed by atoms with van der Waals surface area (Å²) in [4.78, 5) is 14.3. The van der Waals surface area contributed by atoms with E-state index >= 15 is 0 Å². The van der Waals surface area contributed by atoms with Crippen molar-refractivity contribution in [1.29, 1.82) is 0 Å². The molecular formula is C16H24N2O3. The smallest absolute Gasteiger partial charge is 0.324 e. The normalized spacial score (nSPS) is 19.4. The molecule has 0 aliphatic carbocycles. The van der Waals surface area contributed by atoms with Gasteiger partial charge in [-0.3, -0.25) is 9.69 Å². The molecular weight excluding hydrogens is 268 g/mol. The van der Waals surface area contributed by atoms with Crippen LogP contribution in [0.15, 0.2) is 24.3 Å². The number of methoxy groups -OCH3 is 1. The van der Waals surface area contributed by atoms with Gasteiger partial charge in [0.05, 0.1) is 13.2 Å². The van der Waals surface area contributed by atoms with Gasteiger partial charge in [-0.1, -0.05) is 24.3 Å². The summed E-state index contributed by atoms with van der Waals surface area (Å²) in [6, 6.07) is 7.99. The van der Waals surface area contributed by atoms with Crippen LogP contribution in [0.3, 0.4) is 0 Å². The van der Waals surface area contributed by atoms with E-state index in [9.17, 15) is 4.79 Å². The van der Waals surface area contributed by atoms with E-state index in [-0.39, 0.29) is 12.0 Å². The summed E-state index contributed by atoms with van der Waals surface area (Å²) in [6.07, 6.45) is 0. The topological polar surface area (TPSA) is 50.8 Å². The Morgan fingerprint density at radius 3 is 2.86 bits per heavy atom. The lowest BCUT2D eigenvalue weighted by Crippen LogP contribution is -2.54. The Bertz CT molecular complexity index is 465. The monoisotopic (exact) mass is 292 g/mol. The fraction of sp³-hybridized carbons (Fsp3) is 0.562. The van der Waals surface area contributed by atoms with Gasteiger partial charge in [0.15, 0.2) is 0 Å². The number of rotatable bonds is 6. The first-order valence-electron chi connectivity index (χ1n) is 7.43. The SMILES string of the molecule is CCOC(=O)C1CNCCN1Cc1ccccc1COC. The molecule has 1 N–H and O–H groups in total. The van der Waals surface area contributed by atoms with Gasteiger partial charge in [-0.05, 0) is 18.1 Å². The number of hydrogen-bond donors (Lipinski definition) is 1. The maximum absolute atomic E-state index is 12.1. The Kier molecular flexibility index (Phi) is 6.17. The van der Waals surface area contributed by atoms with E-state index < -0.39 is 0 Å². The highest BCUT2D eigenvalue weighted by molar-refractivity contribution is 5.76. The van der Waals surface area contributed by atoms with Gasteiger partial charge in [-0.25, -0.2) is 0 Å². The van der Waals surface area contributed by atoms with Crippen LogP contribution in [0.4, 0.5) is 0 Å². The fourth-order valence-electron chi connectivity index (χ4n) is 2.63. The van der Waals surface area contributed by atoms with Crippen LogP contribution < -0.4 is 5.32 Å². The highest BCUT2D eigenvalue weighted by atomic mass is 16.5. The maximum Gasteiger partial charge on any atom is 0.324 e. The number of carbonyl (C=O) groups is 1. The minimum Gasteiger partial charge on any atom is -0.465 e. The van der Waals surface area contributed by atoms with E-state index in [1.54, 1.807) is 7.11 Å². The lowest BCUT2D eigenvalue weighted by molar-refractivity contribution is -0.150. The Morgan fingerprint density at radius 2 is 2.14 bits per heavy atom. The molecule has 1 unspecified atom stereocenters. The second kappa shape index (κ2) is 8.12. The van der Waals surface area contributed by atoms with Crippen molar-refractivity contribution in [2.75, 3.05) is 33.4 Å². The van der Waals surface area contributed by atoms with Crippen LogP contribution in [-0.4, -0.2) is 50.3 Å². The predicted octanol–water partition coefficient (Wildman–Crippen LogP) is 1.17. The standard InChI is InChI=1S/C16H24N2O3/c1-3-21-16(19)15-10-17-8-9-18(15)11-13-6-4-5-7-14(13)12-20-2/h4-7,15,17H,3,8-12H2,1-2H3. The van der Waals surface area contributed by atoms with Crippen molar-refractivity contribution >= 4 is 5.97 Å². The average molecular weight is 292 g/mol. The first kappa shape index (κ1) is 15.9. The molecule has 0 saturated carbocycles. The van der Waals surface area contributed by atoms with Crippen molar-refractivity contribution in [2.24, 2.45) is 0 Å². The third kappa shape index (κ3) is 4.27. The first-order valence-corrected chi connectivity index (χ1v) is 7.43. The lowest BCUT2D eigenvalue weighted by Gasteiger charge is -2.34. The molecule has 0 amide bonds. The van der Waals surface area contributed by atoms with Crippen molar-refractivity contribution < 1.29 is 14.3 Å². The van der Waals surface area contributed by atoms with Crippen LogP contribution in [0.1, 0.15) is 18.1 Å². The van der Waals surface area contributed by atoms with Crippen LogP contribution in [0.5, 0.6) is 0 Å². The van der Waals surface area contributed by atoms with Crippen molar-refractivity contribution in [3.63, 3.8) is 0 Å². The van der Waals surface area contributed by atoms with Crippen LogP contribution in [0.25, 0.3) is 0 Å². The van der Waals surface area contributed by atoms with Gasteiger partial charge in [-0.2, -0.15) is 0 Å². The number of ether oxygens (including phenoxy) is 2. The van der Waals surface area contributed by atoms with Crippen molar-refractivity contribution in [3.05, 3.63) is 35.4 Å². The van der Waals surface area contributed by atoms with Crippen molar-refractivity contribution in [1.82, 2.24) is 10.2 Å². The Hall–Kier alpha value is -1.43. The second-order valence-corrected chi connectivity index (χ2v) is 5.14. The molecule has 1 heterocycles. The summed E-state index contributed by atoms with van der Waals surface area (Å²) in [5, 5.41) is 3.26. The van der Waals surface area contributed by atoms with Gasteiger partial charge in [0, 0.05) is 33.3 Å². The Morgan fingerprint density at radius 1 is 1.38 bits per heavy atom. The fourth-order valence-corrected chi connectivity index (χ4v) is 2.63. The van der Waals surface area contributed by atoms with Gasteiger partial charge >= 0.3 is 5.97 Å². The maximum atomic E-state index is 12.1. The molecule has 0 radical (unpaired) electrons. The molecule has 0 bridgehead atoms. The molecule has 1 aromatic carbocycles.